The minimum absolute atomic E-state index is 0.192. The molecule has 0 amide bonds. The molecule has 3 nitrogen and oxygen atoms in total. The van der Waals surface area contributed by atoms with Crippen LogP contribution in [0.1, 0.15) is 41.7 Å². The molecule has 0 aliphatic rings. The van der Waals surface area contributed by atoms with Gasteiger partial charge in [0.05, 0.1) is 22.5 Å². The van der Waals surface area contributed by atoms with Gasteiger partial charge in [-0.2, -0.15) is 13.2 Å². The molecule has 372 valence electrons. The van der Waals surface area contributed by atoms with Crippen LogP contribution >= 0.6 is 0 Å². The molecule has 7 aromatic carbocycles. The first-order valence-electron chi connectivity index (χ1n) is 24.5. The van der Waals surface area contributed by atoms with Crippen molar-refractivity contribution in [3.05, 3.63) is 258 Å². The van der Waals surface area contributed by atoms with Gasteiger partial charge in [0.2, 0.25) is 0 Å². The van der Waals surface area contributed by atoms with Gasteiger partial charge in [0, 0.05) is 53.0 Å². The second-order valence-corrected chi connectivity index (χ2v) is 19.2. The van der Waals surface area contributed by atoms with Crippen LogP contribution in [-0.2, 0) is 31.1 Å². The lowest BCUT2D eigenvalue weighted by Gasteiger charge is -2.28. The van der Waals surface area contributed by atoms with Crippen LogP contribution in [0.4, 0.5) is 30.7 Å². The third-order valence-corrected chi connectivity index (χ3v) is 13.9. The van der Waals surface area contributed by atoms with Gasteiger partial charge in [0.15, 0.2) is 0 Å². The number of hydrogen-bond donors (Lipinski definition) is 0. The molecule has 0 atom stereocenters. The number of aromatic nitrogens is 3. The van der Waals surface area contributed by atoms with E-state index in [2.05, 4.69) is 46.4 Å². The van der Waals surface area contributed by atoms with Gasteiger partial charge < -0.3 is 0 Å². The Morgan fingerprint density at radius 3 is 1.32 bits per heavy atom. The van der Waals surface area contributed by atoms with Gasteiger partial charge in [-0.15, -0.1) is 0 Å². The number of nitrogens with zero attached hydrogens (tertiary/aromatic N) is 3. The summed E-state index contributed by atoms with van der Waals surface area (Å²) in [5.41, 5.74) is 12.6. The van der Waals surface area contributed by atoms with Crippen molar-refractivity contribution in [3.63, 3.8) is 0 Å². The zero-order valence-corrected chi connectivity index (χ0v) is 40.9. The maximum Gasteiger partial charge on any atom is 0.397 e. The van der Waals surface area contributed by atoms with E-state index in [1.165, 1.54) is 38.1 Å². The molecule has 0 spiro atoms. The van der Waals surface area contributed by atoms with Crippen LogP contribution < -0.4 is 0 Å². The highest BCUT2D eigenvalue weighted by atomic mass is 19.4. The first kappa shape index (κ1) is 50.1. The number of pyridine rings is 3. The smallest absolute Gasteiger partial charge is 0.256 e. The van der Waals surface area contributed by atoms with E-state index in [0.29, 0.717) is 37.1 Å². The molecule has 0 fully saturated rings. The number of halogens is 7. The fourth-order valence-corrected chi connectivity index (χ4v) is 9.37. The summed E-state index contributed by atoms with van der Waals surface area (Å²) >= 11 is 0. The van der Waals surface area contributed by atoms with E-state index in [9.17, 15) is 30.7 Å². The maximum absolute atomic E-state index is 14.6. The van der Waals surface area contributed by atoms with E-state index in [1.54, 1.807) is 48.8 Å². The average Bonchev–Trinajstić information content (AvgIpc) is 3.43. The lowest BCUT2D eigenvalue weighted by molar-refractivity contribution is -0.180. The second kappa shape index (κ2) is 21.2. The standard InChI is InChI=1S/C65H48F7N3/c1-64(2,65(70,71)72)50-24-22-46(23-25-50)45-18-20-47(21-19-45)57-37-63(48-8-4-3-5-9-48)75-40-58(57)54-11-7-6-10-53(54)49-33-43(14-12-41-16-30-61(73-38-41)55-28-26-51(66)35-59(55)68)32-44(34-49)15-13-42-17-31-62(74-39-42)56-29-27-52(67)36-60(56)69/h3-11,16-40H,12-15H2,1-2H3. The van der Waals surface area contributed by atoms with Crippen molar-refractivity contribution in [1.82, 2.24) is 15.0 Å². The maximum atomic E-state index is 14.6. The molecule has 0 aliphatic carbocycles. The third-order valence-electron chi connectivity index (χ3n) is 13.9. The second-order valence-electron chi connectivity index (χ2n) is 19.2. The van der Waals surface area contributed by atoms with Crippen LogP contribution in [0.2, 0.25) is 0 Å². The molecule has 0 bridgehead atoms. The molecular weight excluding hydrogens is 956 g/mol. The van der Waals surface area contributed by atoms with Crippen molar-refractivity contribution in [1.29, 1.82) is 0 Å². The van der Waals surface area contributed by atoms with Crippen LogP contribution in [0.3, 0.4) is 0 Å². The van der Waals surface area contributed by atoms with Crippen molar-refractivity contribution in [2.24, 2.45) is 0 Å². The van der Waals surface area contributed by atoms with Crippen LogP contribution in [0.25, 0.3) is 78.3 Å². The summed E-state index contributed by atoms with van der Waals surface area (Å²) in [5, 5.41) is 0. The zero-order valence-electron chi connectivity index (χ0n) is 40.9. The Labute approximate surface area is 431 Å². The normalized spacial score (nSPS) is 11.7. The van der Waals surface area contributed by atoms with E-state index in [-0.39, 0.29) is 16.7 Å². The Morgan fingerprint density at radius 2 is 0.813 bits per heavy atom. The number of hydrogen-bond acceptors (Lipinski definition) is 3. The Morgan fingerprint density at radius 1 is 0.333 bits per heavy atom. The molecule has 10 aromatic rings. The summed E-state index contributed by atoms with van der Waals surface area (Å²) < 4.78 is 98.2. The van der Waals surface area contributed by atoms with Crippen LogP contribution in [0, 0.1) is 23.3 Å². The lowest BCUT2D eigenvalue weighted by atomic mass is 9.83. The van der Waals surface area contributed by atoms with E-state index in [1.807, 2.05) is 85.1 Å². The number of aryl methyl sites for hydroxylation is 4. The highest BCUT2D eigenvalue weighted by molar-refractivity contribution is 5.93. The van der Waals surface area contributed by atoms with Crippen molar-refractivity contribution < 1.29 is 30.7 Å². The van der Waals surface area contributed by atoms with Crippen molar-refractivity contribution in [2.45, 2.75) is 51.1 Å². The van der Waals surface area contributed by atoms with E-state index in [4.69, 9.17) is 4.98 Å². The fraction of sp³-hybridized carbons (Fsp3) is 0.123. The van der Waals surface area contributed by atoms with Crippen molar-refractivity contribution >= 4 is 0 Å². The third kappa shape index (κ3) is 11.1. The van der Waals surface area contributed by atoms with Crippen LogP contribution in [0.5, 0.6) is 0 Å². The first-order chi connectivity index (χ1) is 36.2. The summed E-state index contributed by atoms with van der Waals surface area (Å²) in [4.78, 5) is 14.1. The van der Waals surface area contributed by atoms with Crippen LogP contribution in [-0.4, -0.2) is 21.1 Å². The molecular formula is C65H48F7N3. The quantitative estimate of drug-likeness (QED) is 0.102. The Kier molecular flexibility index (Phi) is 14.1. The van der Waals surface area contributed by atoms with Crippen LogP contribution in [0.15, 0.2) is 207 Å². The summed E-state index contributed by atoms with van der Waals surface area (Å²) in [6.45, 7) is 2.38. The minimum Gasteiger partial charge on any atom is -0.256 e. The van der Waals surface area contributed by atoms with Gasteiger partial charge in [-0.25, -0.2) is 17.6 Å². The summed E-state index contributed by atoms with van der Waals surface area (Å²) in [6.07, 6.45) is 3.55. The highest BCUT2D eigenvalue weighted by Crippen LogP contribution is 2.43. The molecule has 0 saturated carbocycles. The topological polar surface area (TPSA) is 38.7 Å². The van der Waals surface area contributed by atoms with Gasteiger partial charge in [0.25, 0.3) is 0 Å². The van der Waals surface area contributed by atoms with Gasteiger partial charge in [-0.05, 0) is 149 Å². The van der Waals surface area contributed by atoms with Gasteiger partial charge in [-0.3, -0.25) is 15.0 Å². The monoisotopic (exact) mass is 1000 g/mol. The Hall–Kier alpha value is -8.50. The highest BCUT2D eigenvalue weighted by Gasteiger charge is 2.48. The molecule has 0 aliphatic heterocycles. The number of alkyl halides is 3. The van der Waals surface area contributed by atoms with Crippen molar-refractivity contribution in [2.75, 3.05) is 0 Å². The van der Waals surface area contributed by atoms with Gasteiger partial charge >= 0.3 is 6.18 Å². The predicted octanol–water partition coefficient (Wildman–Crippen LogP) is 17.5. The molecule has 10 heteroatoms. The van der Waals surface area contributed by atoms with E-state index >= 15 is 0 Å². The Balaban J connectivity index is 1.000. The van der Waals surface area contributed by atoms with Crippen molar-refractivity contribution in [3.8, 4) is 78.3 Å². The molecule has 0 unspecified atom stereocenters. The first-order valence-corrected chi connectivity index (χ1v) is 24.5. The zero-order chi connectivity index (χ0) is 52.3. The average molecular weight is 1000 g/mol. The summed E-state index contributed by atoms with van der Waals surface area (Å²) in [7, 11) is 0. The Bertz CT molecular complexity index is 3510. The molecule has 0 N–H and O–H groups in total. The largest absolute Gasteiger partial charge is 0.397 e. The lowest BCUT2D eigenvalue weighted by Crippen LogP contribution is -2.36. The van der Waals surface area contributed by atoms with E-state index in [0.717, 1.165) is 90.2 Å². The molecule has 0 radical (unpaired) electrons. The SMILES string of the molecule is CC(C)(c1ccc(-c2ccc(-c3cc(-c4ccccc4)ncc3-c3ccccc3-c3cc(CCc4ccc(-c5ccc(F)cc5F)nc4)cc(CCc4ccc(-c5ccc(F)cc5F)nc4)c3)cc2)cc1)C(F)(F)F. The molecule has 3 aromatic heterocycles. The summed E-state index contributed by atoms with van der Waals surface area (Å²) in [5.74, 6) is -2.67. The minimum atomic E-state index is -4.39. The van der Waals surface area contributed by atoms with Gasteiger partial charge in [0.1, 0.15) is 23.3 Å². The summed E-state index contributed by atoms with van der Waals surface area (Å²) in [6, 6.07) is 55.7. The number of rotatable bonds is 14. The number of benzene rings is 7. The fourth-order valence-electron chi connectivity index (χ4n) is 9.37. The molecule has 10 rings (SSSR count). The molecule has 0 saturated heterocycles. The van der Waals surface area contributed by atoms with E-state index < -0.39 is 34.9 Å². The molecule has 75 heavy (non-hydrogen) atoms. The predicted molar refractivity (Wildman–Crippen MR) is 284 cm³/mol. The molecule has 3 heterocycles. The van der Waals surface area contributed by atoms with Gasteiger partial charge in [-0.1, -0.05) is 133 Å².